The van der Waals surface area contributed by atoms with Gasteiger partial charge in [0.1, 0.15) is 6.29 Å². The molecule has 1 aliphatic heterocycles. The quantitative estimate of drug-likeness (QED) is 0.602. The predicted octanol–water partition coefficient (Wildman–Crippen LogP) is 2.17. The summed E-state index contributed by atoms with van der Waals surface area (Å²) in [6.07, 6.45) is -0.190. The maximum absolute atomic E-state index is 13.3. The van der Waals surface area contributed by atoms with Crippen LogP contribution in [0.3, 0.4) is 0 Å². The molecule has 0 saturated carbocycles. The van der Waals surface area contributed by atoms with Gasteiger partial charge in [0.05, 0.1) is 17.9 Å². The summed E-state index contributed by atoms with van der Waals surface area (Å²) >= 11 is 4.10. The molecule has 1 aliphatic rings. The maximum Gasteiger partial charge on any atom is 0.272 e. The van der Waals surface area contributed by atoms with Gasteiger partial charge in [0.15, 0.2) is 0 Å². The number of benzodiazepines with no additional fused rings is 1. The van der Waals surface area contributed by atoms with Crippen molar-refractivity contribution in [2.75, 3.05) is 24.2 Å². The van der Waals surface area contributed by atoms with E-state index in [-0.39, 0.29) is 18.9 Å². The lowest BCUT2D eigenvalue weighted by Crippen LogP contribution is -2.48. The molecule has 0 fully saturated rings. The van der Waals surface area contributed by atoms with E-state index in [1.807, 2.05) is 48.5 Å². The Bertz CT molecular complexity index is 914. The summed E-state index contributed by atoms with van der Waals surface area (Å²) in [6.45, 7) is -0.113. The monoisotopic (exact) mass is 395 g/mol. The fourth-order valence-corrected chi connectivity index (χ4v) is 3.36. The molecule has 7 heteroatoms. The van der Waals surface area contributed by atoms with Gasteiger partial charge in [-0.2, -0.15) is 12.6 Å². The van der Waals surface area contributed by atoms with Crippen molar-refractivity contribution in [3.05, 3.63) is 65.7 Å². The highest BCUT2D eigenvalue weighted by Gasteiger charge is 2.35. The third-order valence-corrected chi connectivity index (χ3v) is 4.80. The molecule has 2 amide bonds. The van der Waals surface area contributed by atoms with Crippen LogP contribution in [0.15, 0.2) is 59.6 Å². The fourth-order valence-electron chi connectivity index (χ4n) is 3.16. The average Bonchev–Trinajstić information content (AvgIpc) is 2.84. The molecule has 3 rings (SSSR count). The predicted molar refractivity (Wildman–Crippen MR) is 112 cm³/mol. The first kappa shape index (κ1) is 19.8. The molecule has 0 aliphatic carbocycles. The lowest BCUT2D eigenvalue weighted by atomic mass is 10.0. The van der Waals surface area contributed by atoms with Gasteiger partial charge in [-0.25, -0.2) is 4.99 Å². The van der Waals surface area contributed by atoms with E-state index in [1.54, 1.807) is 13.1 Å². The normalized spacial score (nSPS) is 16.1. The van der Waals surface area contributed by atoms with Gasteiger partial charge < -0.3 is 14.6 Å². The summed E-state index contributed by atoms with van der Waals surface area (Å²) < 4.78 is 0. The van der Waals surface area contributed by atoms with Crippen molar-refractivity contribution in [2.45, 2.75) is 12.6 Å². The molecule has 0 spiro atoms. The summed E-state index contributed by atoms with van der Waals surface area (Å²) in [5.74, 6) is -0.278. The molecule has 2 aromatic rings. The van der Waals surface area contributed by atoms with Crippen LogP contribution in [-0.4, -0.2) is 54.2 Å². The summed E-state index contributed by atoms with van der Waals surface area (Å²) in [4.78, 5) is 44.4. The van der Waals surface area contributed by atoms with Gasteiger partial charge in [0.2, 0.25) is 12.1 Å². The number of fused-ring (bicyclic) bond motifs is 1. The topological polar surface area (TPSA) is 70.1 Å². The Balaban J connectivity index is 2.20. The number of benzene rings is 2. The Labute approximate surface area is 169 Å². The molecule has 0 saturated heterocycles. The van der Waals surface area contributed by atoms with Crippen LogP contribution in [0.25, 0.3) is 0 Å². The van der Waals surface area contributed by atoms with Crippen molar-refractivity contribution in [3.63, 3.8) is 0 Å². The molecule has 1 heterocycles. The molecule has 0 aromatic heterocycles. The Morgan fingerprint density at radius 1 is 1.18 bits per heavy atom. The van der Waals surface area contributed by atoms with Crippen LogP contribution >= 0.6 is 12.6 Å². The SMILES string of the molecule is CN(C(=O)CCS)C1N=C(c2ccccc2)c2ccccc2N(CC=O)C1=O. The van der Waals surface area contributed by atoms with Crippen molar-refractivity contribution >= 4 is 42.1 Å². The fraction of sp³-hybridized carbons (Fsp3) is 0.238. The second-order valence-corrected chi connectivity index (χ2v) is 6.78. The first-order chi connectivity index (χ1) is 13.6. The Kier molecular flexibility index (Phi) is 6.26. The number of anilines is 1. The molecule has 6 nitrogen and oxygen atoms in total. The van der Waals surface area contributed by atoms with E-state index in [9.17, 15) is 14.4 Å². The van der Waals surface area contributed by atoms with Crippen LogP contribution in [0, 0.1) is 0 Å². The molecular formula is C21H21N3O3S. The number of hydrogen-bond donors (Lipinski definition) is 1. The Morgan fingerprint density at radius 3 is 2.54 bits per heavy atom. The molecular weight excluding hydrogens is 374 g/mol. The van der Waals surface area contributed by atoms with E-state index in [4.69, 9.17) is 4.99 Å². The number of thiol groups is 1. The van der Waals surface area contributed by atoms with Gasteiger partial charge >= 0.3 is 0 Å². The van der Waals surface area contributed by atoms with Crippen LogP contribution in [0.2, 0.25) is 0 Å². The number of carbonyl (C=O) groups is 3. The number of amides is 2. The van der Waals surface area contributed by atoms with Crippen LogP contribution < -0.4 is 4.90 Å². The van der Waals surface area contributed by atoms with Gasteiger partial charge in [-0.05, 0) is 11.8 Å². The number of nitrogens with zero attached hydrogens (tertiary/aromatic N) is 3. The van der Waals surface area contributed by atoms with E-state index in [2.05, 4.69) is 12.6 Å². The maximum atomic E-state index is 13.3. The van der Waals surface area contributed by atoms with Crippen molar-refractivity contribution in [3.8, 4) is 0 Å². The second-order valence-electron chi connectivity index (χ2n) is 6.33. The summed E-state index contributed by atoms with van der Waals surface area (Å²) in [6, 6.07) is 16.8. The van der Waals surface area contributed by atoms with Crippen molar-refractivity contribution < 1.29 is 14.4 Å². The van der Waals surface area contributed by atoms with E-state index < -0.39 is 12.1 Å². The number of para-hydroxylation sites is 1. The van der Waals surface area contributed by atoms with Crippen molar-refractivity contribution in [2.24, 2.45) is 4.99 Å². The van der Waals surface area contributed by atoms with Crippen molar-refractivity contribution in [1.29, 1.82) is 0 Å². The molecule has 28 heavy (non-hydrogen) atoms. The average molecular weight is 395 g/mol. The zero-order chi connectivity index (χ0) is 20.1. The Morgan fingerprint density at radius 2 is 1.86 bits per heavy atom. The minimum atomic E-state index is -1.06. The number of rotatable bonds is 6. The van der Waals surface area contributed by atoms with Crippen molar-refractivity contribution in [1.82, 2.24) is 4.90 Å². The summed E-state index contributed by atoms with van der Waals surface area (Å²) in [7, 11) is 1.55. The van der Waals surface area contributed by atoms with Crippen LogP contribution in [0.1, 0.15) is 17.5 Å². The third-order valence-electron chi connectivity index (χ3n) is 4.58. The van der Waals surface area contributed by atoms with E-state index in [1.165, 1.54) is 9.80 Å². The second kappa shape index (κ2) is 8.84. The van der Waals surface area contributed by atoms with Crippen LogP contribution in [-0.2, 0) is 14.4 Å². The van der Waals surface area contributed by atoms with E-state index in [0.717, 1.165) is 11.1 Å². The zero-order valence-electron chi connectivity index (χ0n) is 15.5. The van der Waals surface area contributed by atoms with E-state index in [0.29, 0.717) is 23.4 Å². The minimum absolute atomic E-state index is 0.113. The Hall–Kier alpha value is -2.93. The minimum Gasteiger partial charge on any atom is -0.316 e. The van der Waals surface area contributed by atoms with Gasteiger partial charge in [-0.15, -0.1) is 0 Å². The molecule has 2 aromatic carbocycles. The largest absolute Gasteiger partial charge is 0.316 e. The summed E-state index contributed by atoms with van der Waals surface area (Å²) in [5.41, 5.74) is 2.77. The van der Waals surface area contributed by atoms with Gasteiger partial charge in [0, 0.05) is 24.6 Å². The van der Waals surface area contributed by atoms with Gasteiger partial charge in [0.25, 0.3) is 5.91 Å². The highest BCUT2D eigenvalue weighted by atomic mass is 32.1. The number of carbonyl (C=O) groups excluding carboxylic acids is 3. The van der Waals surface area contributed by atoms with Gasteiger partial charge in [-0.3, -0.25) is 9.59 Å². The highest BCUT2D eigenvalue weighted by Crippen LogP contribution is 2.29. The van der Waals surface area contributed by atoms with E-state index >= 15 is 0 Å². The first-order valence-corrected chi connectivity index (χ1v) is 9.56. The molecule has 1 atom stereocenters. The van der Waals surface area contributed by atoms with Crippen LogP contribution in [0.5, 0.6) is 0 Å². The lowest BCUT2D eigenvalue weighted by molar-refractivity contribution is -0.137. The first-order valence-electron chi connectivity index (χ1n) is 8.92. The number of likely N-dealkylation sites (N-methyl/N-ethyl adjacent to an activating group) is 1. The third kappa shape index (κ3) is 3.84. The van der Waals surface area contributed by atoms with Gasteiger partial charge in [-0.1, -0.05) is 48.5 Å². The number of aliphatic imine (C=N–C) groups is 1. The molecule has 0 radical (unpaired) electrons. The standard InChI is InChI=1S/C21H21N3O3S/c1-23(18(26)11-14-28)20-21(27)24(12-13-25)17-10-6-5-9-16(17)19(22-20)15-7-3-2-4-8-15/h2-10,13,20,28H,11-12,14H2,1H3. The number of aldehydes is 1. The highest BCUT2D eigenvalue weighted by molar-refractivity contribution is 7.80. The lowest BCUT2D eigenvalue weighted by Gasteiger charge is -2.28. The van der Waals surface area contributed by atoms with Crippen LogP contribution in [0.4, 0.5) is 5.69 Å². The number of hydrogen-bond acceptors (Lipinski definition) is 5. The zero-order valence-corrected chi connectivity index (χ0v) is 16.4. The summed E-state index contributed by atoms with van der Waals surface area (Å²) in [5, 5.41) is 0. The molecule has 144 valence electrons. The molecule has 0 bridgehead atoms. The smallest absolute Gasteiger partial charge is 0.272 e. The molecule has 1 unspecified atom stereocenters. The molecule has 0 N–H and O–H groups in total.